The molecule has 5 nitrogen and oxygen atoms in total. The van der Waals surface area contributed by atoms with Crippen LogP contribution in [0, 0.1) is 0 Å². The summed E-state index contributed by atoms with van der Waals surface area (Å²) in [4.78, 5) is 8.36. The summed E-state index contributed by atoms with van der Waals surface area (Å²) in [6.07, 6.45) is 4.58. The third kappa shape index (κ3) is 22.5. The number of carbonyl (C=O) groups is 1. The molecule has 1 saturated heterocycles. The molecule has 1 fully saturated rings. The number of hydrogen-bond acceptors (Lipinski definition) is 4. The van der Waals surface area contributed by atoms with E-state index in [1.165, 1.54) is 19.3 Å². The highest BCUT2D eigenvalue weighted by atomic mass is 16.6. The molecule has 86 valence electrons. The molecule has 0 saturated carbocycles. The fraction of sp³-hybridized carbons (Fsp3) is 0.889. The Hall–Kier alpha value is -0.650. The Morgan fingerprint density at radius 3 is 2.07 bits per heavy atom. The topological polar surface area (TPSA) is 90.3 Å². The van der Waals surface area contributed by atoms with E-state index in [-0.39, 0.29) is 19.7 Å². The number of aliphatic hydroxyl groups is 2. The summed E-state index contributed by atoms with van der Waals surface area (Å²) in [5.74, 6) is 0. The van der Waals surface area contributed by atoms with E-state index in [0.717, 1.165) is 6.61 Å². The van der Waals surface area contributed by atoms with E-state index in [2.05, 4.69) is 6.92 Å². The van der Waals surface area contributed by atoms with E-state index >= 15 is 0 Å². The monoisotopic (exact) mass is 208 g/mol. The van der Waals surface area contributed by atoms with Gasteiger partial charge in [-0.15, -0.1) is 0 Å². The lowest BCUT2D eigenvalue weighted by atomic mass is 10.2. The molecule has 1 aliphatic heterocycles. The number of ether oxygens (including phenoxy) is 1. The quantitative estimate of drug-likeness (QED) is 0.455. The third-order valence-electron chi connectivity index (χ3n) is 1.38. The summed E-state index contributed by atoms with van der Waals surface area (Å²) in [6, 6.07) is 0. The molecule has 1 heterocycles. The Morgan fingerprint density at radius 1 is 1.43 bits per heavy atom. The van der Waals surface area contributed by atoms with E-state index < -0.39 is 0 Å². The Kier molecular flexibility index (Phi) is 16.8. The number of hydrogen-bond donors (Lipinski definition) is 3. The van der Waals surface area contributed by atoms with Gasteiger partial charge in [-0.2, -0.15) is 0 Å². The molecule has 0 radical (unpaired) electrons. The molecular formula is C9H20O5. The molecule has 0 aromatic heterocycles. The van der Waals surface area contributed by atoms with Crippen LogP contribution in [-0.4, -0.2) is 47.7 Å². The van der Waals surface area contributed by atoms with Gasteiger partial charge in [-0.1, -0.05) is 19.8 Å². The van der Waals surface area contributed by atoms with Crippen LogP contribution in [0.4, 0.5) is 0 Å². The SMILES string of the molecule is CCCCC1CO1.O=CO.OCCO. The molecular weight excluding hydrogens is 188 g/mol. The summed E-state index contributed by atoms with van der Waals surface area (Å²) in [5, 5.41) is 22.1. The molecule has 1 rings (SSSR count). The van der Waals surface area contributed by atoms with Crippen molar-refractivity contribution in [1.82, 2.24) is 0 Å². The minimum absolute atomic E-state index is 0.125. The Morgan fingerprint density at radius 2 is 1.86 bits per heavy atom. The summed E-state index contributed by atoms with van der Waals surface area (Å²) in [6.45, 7) is 2.74. The second-order valence-corrected chi connectivity index (χ2v) is 2.65. The van der Waals surface area contributed by atoms with E-state index in [4.69, 9.17) is 24.9 Å². The van der Waals surface area contributed by atoms with Gasteiger partial charge >= 0.3 is 0 Å². The smallest absolute Gasteiger partial charge is 0.290 e. The maximum atomic E-state index is 8.36. The number of aliphatic hydroxyl groups excluding tert-OH is 2. The Balaban J connectivity index is 0. The molecule has 0 aliphatic carbocycles. The molecule has 1 unspecified atom stereocenters. The van der Waals surface area contributed by atoms with Crippen LogP contribution in [-0.2, 0) is 9.53 Å². The zero-order valence-corrected chi connectivity index (χ0v) is 8.56. The second kappa shape index (κ2) is 14.9. The van der Waals surface area contributed by atoms with Crippen molar-refractivity contribution in [2.24, 2.45) is 0 Å². The lowest BCUT2D eigenvalue weighted by molar-refractivity contribution is -0.122. The number of carboxylic acid groups (broad SMARTS) is 1. The zero-order valence-electron chi connectivity index (χ0n) is 8.56. The number of rotatable bonds is 4. The van der Waals surface area contributed by atoms with Gasteiger partial charge in [0.15, 0.2) is 0 Å². The van der Waals surface area contributed by atoms with Crippen LogP contribution < -0.4 is 0 Å². The van der Waals surface area contributed by atoms with Crippen LogP contribution in [0.2, 0.25) is 0 Å². The van der Waals surface area contributed by atoms with Crippen LogP contribution >= 0.6 is 0 Å². The Labute approximate surface area is 84.3 Å². The average molecular weight is 208 g/mol. The molecule has 0 spiro atoms. The predicted molar refractivity (Wildman–Crippen MR) is 52.1 cm³/mol. The lowest BCUT2D eigenvalue weighted by Crippen LogP contribution is -1.85. The first-order valence-electron chi connectivity index (χ1n) is 4.67. The van der Waals surface area contributed by atoms with Crippen molar-refractivity contribution in [3.05, 3.63) is 0 Å². The van der Waals surface area contributed by atoms with Crippen molar-refractivity contribution >= 4 is 6.47 Å². The first-order chi connectivity index (χ1) is 6.76. The molecule has 0 amide bonds. The highest BCUT2D eigenvalue weighted by Crippen LogP contribution is 2.15. The molecule has 3 N–H and O–H groups in total. The maximum Gasteiger partial charge on any atom is 0.290 e. The van der Waals surface area contributed by atoms with Gasteiger partial charge in [-0.3, -0.25) is 4.79 Å². The Bertz CT molecular complexity index is 101. The van der Waals surface area contributed by atoms with Crippen molar-refractivity contribution in [1.29, 1.82) is 0 Å². The van der Waals surface area contributed by atoms with E-state index in [9.17, 15) is 0 Å². The summed E-state index contributed by atoms with van der Waals surface area (Å²) < 4.78 is 5.01. The van der Waals surface area contributed by atoms with Crippen LogP contribution in [0.1, 0.15) is 26.2 Å². The number of unbranched alkanes of at least 4 members (excludes halogenated alkanes) is 1. The predicted octanol–water partition coefficient (Wildman–Crippen LogP) is 0.247. The molecule has 14 heavy (non-hydrogen) atoms. The van der Waals surface area contributed by atoms with Crippen molar-refractivity contribution in [3.63, 3.8) is 0 Å². The maximum absolute atomic E-state index is 8.36. The van der Waals surface area contributed by atoms with Gasteiger partial charge in [-0.05, 0) is 6.42 Å². The van der Waals surface area contributed by atoms with Gasteiger partial charge in [0.25, 0.3) is 6.47 Å². The largest absolute Gasteiger partial charge is 0.483 e. The summed E-state index contributed by atoms with van der Waals surface area (Å²) >= 11 is 0. The van der Waals surface area contributed by atoms with Crippen LogP contribution in [0.3, 0.4) is 0 Å². The van der Waals surface area contributed by atoms with Gasteiger partial charge in [0.2, 0.25) is 0 Å². The van der Waals surface area contributed by atoms with Crippen LogP contribution in [0.15, 0.2) is 0 Å². The third-order valence-corrected chi connectivity index (χ3v) is 1.38. The van der Waals surface area contributed by atoms with E-state index in [0.29, 0.717) is 6.10 Å². The average Bonchev–Trinajstić information content (AvgIpc) is 3.00. The summed E-state index contributed by atoms with van der Waals surface area (Å²) in [5.41, 5.74) is 0. The normalized spacial score (nSPS) is 16.9. The first kappa shape index (κ1) is 15.8. The second-order valence-electron chi connectivity index (χ2n) is 2.65. The number of epoxide rings is 1. The van der Waals surface area contributed by atoms with Gasteiger partial charge < -0.3 is 20.1 Å². The highest BCUT2D eigenvalue weighted by molar-refractivity contribution is 5.32. The van der Waals surface area contributed by atoms with Crippen molar-refractivity contribution in [2.45, 2.75) is 32.3 Å². The van der Waals surface area contributed by atoms with Gasteiger partial charge in [-0.25, -0.2) is 0 Å². The molecule has 0 aromatic rings. The fourth-order valence-corrected chi connectivity index (χ4v) is 0.667. The van der Waals surface area contributed by atoms with E-state index in [1.54, 1.807) is 0 Å². The van der Waals surface area contributed by atoms with Crippen molar-refractivity contribution in [2.75, 3.05) is 19.8 Å². The fourth-order valence-electron chi connectivity index (χ4n) is 0.667. The van der Waals surface area contributed by atoms with Crippen molar-refractivity contribution < 1.29 is 24.9 Å². The summed E-state index contributed by atoms with van der Waals surface area (Å²) in [7, 11) is 0. The molecule has 0 aromatic carbocycles. The van der Waals surface area contributed by atoms with Crippen LogP contribution in [0.25, 0.3) is 0 Å². The van der Waals surface area contributed by atoms with Crippen LogP contribution in [0.5, 0.6) is 0 Å². The van der Waals surface area contributed by atoms with E-state index in [1.807, 2.05) is 0 Å². The van der Waals surface area contributed by atoms with Gasteiger partial charge in [0, 0.05) is 0 Å². The highest BCUT2D eigenvalue weighted by Gasteiger charge is 2.20. The molecule has 1 aliphatic rings. The minimum atomic E-state index is -0.250. The van der Waals surface area contributed by atoms with Gasteiger partial charge in [0.05, 0.1) is 25.9 Å². The molecule has 0 bridgehead atoms. The van der Waals surface area contributed by atoms with Crippen molar-refractivity contribution in [3.8, 4) is 0 Å². The standard InChI is InChI=1S/C6H12O.C2H6O2.CH2O2/c1-2-3-4-6-5-7-6;3-1-2-4;2-1-3/h6H,2-5H2,1H3;3-4H,1-2H2;1H,(H,2,3). The van der Waals surface area contributed by atoms with Gasteiger partial charge in [0.1, 0.15) is 0 Å². The molecule has 5 heteroatoms. The minimum Gasteiger partial charge on any atom is -0.483 e. The molecule has 1 atom stereocenters. The first-order valence-corrected chi connectivity index (χ1v) is 4.67. The zero-order chi connectivity index (χ0) is 11.2. The lowest BCUT2D eigenvalue weighted by Gasteiger charge is -1.86.